The average Bonchev–Trinajstić information content (AvgIpc) is 3.25. The zero-order valence-electron chi connectivity index (χ0n) is 14.3. The molecule has 4 nitrogen and oxygen atoms in total. The highest BCUT2D eigenvalue weighted by Crippen LogP contribution is 2.33. The van der Waals surface area contributed by atoms with Crippen molar-refractivity contribution >= 4 is 11.6 Å². The van der Waals surface area contributed by atoms with Gasteiger partial charge >= 0.3 is 0 Å². The predicted molar refractivity (Wildman–Crippen MR) is 99.7 cm³/mol. The lowest BCUT2D eigenvalue weighted by Crippen LogP contribution is -2.34. The average molecular weight is 356 g/mol. The smallest absolute Gasteiger partial charge is 0.118 e. The van der Waals surface area contributed by atoms with E-state index in [0.29, 0.717) is 5.92 Å². The maximum Gasteiger partial charge on any atom is 0.118 e. The summed E-state index contributed by atoms with van der Waals surface area (Å²) in [5.41, 5.74) is 3.56. The van der Waals surface area contributed by atoms with Crippen LogP contribution in [0.1, 0.15) is 36.0 Å². The summed E-state index contributed by atoms with van der Waals surface area (Å²) in [6.45, 7) is 4.99. The minimum Gasteiger partial charge on any atom is -0.465 e. The largest absolute Gasteiger partial charge is 0.465 e. The summed E-state index contributed by atoms with van der Waals surface area (Å²) < 4.78 is 5.74. The Bertz CT molecular complexity index is 837. The van der Waals surface area contributed by atoms with Crippen LogP contribution in [0, 0.1) is 6.92 Å². The van der Waals surface area contributed by atoms with E-state index in [1.54, 1.807) is 0 Å². The van der Waals surface area contributed by atoms with E-state index in [9.17, 15) is 0 Å². The Morgan fingerprint density at radius 3 is 2.84 bits per heavy atom. The van der Waals surface area contributed by atoms with Crippen LogP contribution in [0.2, 0.25) is 5.02 Å². The van der Waals surface area contributed by atoms with Crippen LogP contribution < -0.4 is 0 Å². The Balaban J connectivity index is 1.52. The highest BCUT2D eigenvalue weighted by atomic mass is 35.5. The van der Waals surface area contributed by atoms with Gasteiger partial charge in [0.15, 0.2) is 0 Å². The van der Waals surface area contributed by atoms with Crippen LogP contribution in [-0.4, -0.2) is 28.2 Å². The number of nitrogens with zero attached hydrogens (tertiary/aromatic N) is 2. The fourth-order valence-electron chi connectivity index (χ4n) is 3.69. The molecule has 1 atom stereocenters. The summed E-state index contributed by atoms with van der Waals surface area (Å²) >= 11 is 6.02. The molecule has 0 bridgehead atoms. The number of aromatic amines is 1. The van der Waals surface area contributed by atoms with Gasteiger partial charge in [-0.15, -0.1) is 0 Å². The highest BCUT2D eigenvalue weighted by molar-refractivity contribution is 6.30. The Labute approximate surface area is 152 Å². The summed E-state index contributed by atoms with van der Waals surface area (Å²) in [6, 6.07) is 12.1. The molecule has 1 aliphatic heterocycles. The number of likely N-dealkylation sites (tertiary alicyclic amines) is 1. The fraction of sp³-hybridized carbons (Fsp3) is 0.350. The first-order valence-electron chi connectivity index (χ1n) is 8.76. The summed E-state index contributed by atoms with van der Waals surface area (Å²) in [6.07, 6.45) is 4.29. The monoisotopic (exact) mass is 355 g/mol. The topological polar surface area (TPSA) is 45.1 Å². The summed E-state index contributed by atoms with van der Waals surface area (Å²) in [7, 11) is 0. The first-order valence-corrected chi connectivity index (χ1v) is 9.14. The molecule has 0 spiro atoms. The van der Waals surface area contributed by atoms with Crippen molar-refractivity contribution in [2.24, 2.45) is 0 Å². The van der Waals surface area contributed by atoms with Gasteiger partial charge in [-0.2, -0.15) is 5.10 Å². The van der Waals surface area contributed by atoms with E-state index in [2.05, 4.69) is 33.3 Å². The molecule has 1 aliphatic rings. The van der Waals surface area contributed by atoms with E-state index >= 15 is 0 Å². The van der Waals surface area contributed by atoms with Crippen molar-refractivity contribution in [2.75, 3.05) is 13.1 Å². The molecule has 1 saturated heterocycles. The molecule has 0 radical (unpaired) electrons. The van der Waals surface area contributed by atoms with Crippen molar-refractivity contribution in [1.29, 1.82) is 0 Å². The Kier molecular flexibility index (Phi) is 4.64. The number of hydrogen-bond acceptors (Lipinski definition) is 3. The van der Waals surface area contributed by atoms with E-state index in [-0.39, 0.29) is 0 Å². The van der Waals surface area contributed by atoms with Crippen molar-refractivity contribution in [2.45, 2.75) is 32.2 Å². The van der Waals surface area contributed by atoms with Gasteiger partial charge in [-0.05, 0) is 56.1 Å². The van der Waals surface area contributed by atoms with Crippen LogP contribution in [0.5, 0.6) is 0 Å². The van der Waals surface area contributed by atoms with Gasteiger partial charge in [0.05, 0.1) is 12.7 Å². The van der Waals surface area contributed by atoms with Gasteiger partial charge in [0, 0.05) is 28.7 Å². The standard InChI is InChI=1S/C20H22ClN3O/c1-14-4-9-18(25-14)13-24-10-2-3-16(12-24)20-19(11-22-23-20)15-5-7-17(21)8-6-15/h4-9,11,16H,2-3,10,12-13H2,1H3,(H,22,23)/t16-/m1/s1. The van der Waals surface area contributed by atoms with Crippen molar-refractivity contribution < 1.29 is 4.42 Å². The second kappa shape index (κ2) is 7.06. The van der Waals surface area contributed by atoms with E-state index in [1.807, 2.05) is 31.3 Å². The van der Waals surface area contributed by atoms with Crippen molar-refractivity contribution in [3.8, 4) is 11.1 Å². The zero-order valence-corrected chi connectivity index (χ0v) is 15.1. The quantitative estimate of drug-likeness (QED) is 0.715. The lowest BCUT2D eigenvalue weighted by atomic mass is 9.90. The fourth-order valence-corrected chi connectivity index (χ4v) is 3.82. The highest BCUT2D eigenvalue weighted by Gasteiger charge is 2.25. The summed E-state index contributed by atoms with van der Waals surface area (Å²) in [4.78, 5) is 2.47. The van der Waals surface area contributed by atoms with Gasteiger partial charge in [0.2, 0.25) is 0 Å². The van der Waals surface area contributed by atoms with Crippen LogP contribution >= 0.6 is 11.6 Å². The minimum atomic E-state index is 0.456. The minimum absolute atomic E-state index is 0.456. The third-order valence-corrected chi connectivity index (χ3v) is 5.17. The van der Waals surface area contributed by atoms with Gasteiger partial charge in [-0.25, -0.2) is 0 Å². The molecule has 1 aromatic carbocycles. The number of aryl methyl sites for hydroxylation is 1. The molecule has 1 fully saturated rings. The first kappa shape index (κ1) is 16.4. The molecule has 3 heterocycles. The molecule has 0 saturated carbocycles. The molecule has 130 valence electrons. The molecule has 0 amide bonds. The zero-order chi connectivity index (χ0) is 17.2. The van der Waals surface area contributed by atoms with Gasteiger partial charge in [0.25, 0.3) is 0 Å². The lowest BCUT2D eigenvalue weighted by Gasteiger charge is -2.32. The predicted octanol–water partition coefficient (Wildman–Crippen LogP) is 5.01. The van der Waals surface area contributed by atoms with E-state index in [0.717, 1.165) is 41.7 Å². The van der Waals surface area contributed by atoms with Crippen LogP contribution in [0.15, 0.2) is 47.0 Å². The second-order valence-corrected chi connectivity index (χ2v) is 7.23. The van der Waals surface area contributed by atoms with E-state index < -0.39 is 0 Å². The van der Waals surface area contributed by atoms with Crippen molar-refractivity contribution in [3.05, 3.63) is 64.8 Å². The third-order valence-electron chi connectivity index (χ3n) is 4.91. The Morgan fingerprint density at radius 1 is 1.24 bits per heavy atom. The number of hydrogen-bond donors (Lipinski definition) is 1. The number of H-pyrrole nitrogens is 1. The second-order valence-electron chi connectivity index (χ2n) is 6.79. The third kappa shape index (κ3) is 3.65. The molecule has 5 heteroatoms. The number of piperidine rings is 1. The number of rotatable bonds is 4. The molecule has 25 heavy (non-hydrogen) atoms. The number of nitrogens with one attached hydrogen (secondary N) is 1. The van der Waals surface area contributed by atoms with Crippen molar-refractivity contribution in [1.82, 2.24) is 15.1 Å². The van der Waals surface area contributed by atoms with Crippen molar-refractivity contribution in [3.63, 3.8) is 0 Å². The van der Waals surface area contributed by atoms with Crippen LogP contribution in [0.25, 0.3) is 11.1 Å². The molecule has 2 aromatic heterocycles. The molecule has 0 aliphatic carbocycles. The Hall–Kier alpha value is -2.04. The molecular formula is C20H22ClN3O. The van der Waals surface area contributed by atoms with Crippen LogP contribution in [-0.2, 0) is 6.54 Å². The SMILES string of the molecule is Cc1ccc(CN2CCC[C@@H](c3[nH]ncc3-c3ccc(Cl)cc3)C2)o1. The number of aromatic nitrogens is 2. The van der Waals surface area contributed by atoms with Gasteiger partial charge in [0.1, 0.15) is 11.5 Å². The normalized spacial score (nSPS) is 18.6. The van der Waals surface area contributed by atoms with E-state index in [4.69, 9.17) is 16.0 Å². The van der Waals surface area contributed by atoms with Crippen LogP contribution in [0.4, 0.5) is 0 Å². The number of furan rings is 1. The molecule has 1 N–H and O–H groups in total. The summed E-state index contributed by atoms with van der Waals surface area (Å²) in [5, 5.41) is 8.31. The number of benzene rings is 1. The first-order chi connectivity index (χ1) is 12.2. The van der Waals surface area contributed by atoms with Gasteiger partial charge in [-0.1, -0.05) is 23.7 Å². The lowest BCUT2D eigenvalue weighted by molar-refractivity contribution is 0.184. The molecule has 4 rings (SSSR count). The van der Waals surface area contributed by atoms with Gasteiger partial charge in [-0.3, -0.25) is 10.00 Å². The maximum absolute atomic E-state index is 6.02. The van der Waals surface area contributed by atoms with Crippen LogP contribution in [0.3, 0.4) is 0 Å². The maximum atomic E-state index is 6.02. The van der Waals surface area contributed by atoms with E-state index in [1.165, 1.54) is 24.1 Å². The summed E-state index contributed by atoms with van der Waals surface area (Å²) in [5.74, 6) is 2.47. The molecular weight excluding hydrogens is 334 g/mol. The van der Waals surface area contributed by atoms with Gasteiger partial charge < -0.3 is 4.42 Å². The molecule has 3 aromatic rings. The number of halogens is 1. The Morgan fingerprint density at radius 2 is 2.08 bits per heavy atom. The molecule has 0 unspecified atom stereocenters.